The van der Waals surface area contributed by atoms with E-state index >= 15 is 0 Å². The fourth-order valence-electron chi connectivity index (χ4n) is 2.66. The molecule has 5 heteroatoms. The molecule has 1 aliphatic rings. The summed E-state index contributed by atoms with van der Waals surface area (Å²) in [6, 6.07) is 6.82. The summed E-state index contributed by atoms with van der Waals surface area (Å²) in [5.41, 5.74) is 0.969. The van der Waals surface area contributed by atoms with Gasteiger partial charge in [-0.25, -0.2) is 4.39 Å². The van der Waals surface area contributed by atoms with Crippen LogP contribution in [0, 0.1) is 5.82 Å². The lowest BCUT2D eigenvalue weighted by Crippen LogP contribution is -2.45. The van der Waals surface area contributed by atoms with Crippen molar-refractivity contribution in [2.75, 3.05) is 33.2 Å². The standard InChI is InChI=1S/C15H22FN3O/c1-12(20)17-15-10-18(2)6-7-19(11-15)9-13-4-3-5-14(16)8-13/h3-5,8,15H,6-7,9-11H2,1-2H3,(H,17,20). The minimum atomic E-state index is -0.201. The molecule has 1 amide bonds. The van der Waals surface area contributed by atoms with Crippen LogP contribution >= 0.6 is 0 Å². The van der Waals surface area contributed by atoms with E-state index in [0.29, 0.717) is 6.54 Å². The Morgan fingerprint density at radius 1 is 1.40 bits per heavy atom. The second-order valence-electron chi connectivity index (χ2n) is 5.52. The van der Waals surface area contributed by atoms with Crippen LogP contribution in [0.15, 0.2) is 24.3 Å². The third-order valence-electron chi connectivity index (χ3n) is 3.51. The number of nitrogens with one attached hydrogen (secondary N) is 1. The Balaban J connectivity index is 2.01. The smallest absolute Gasteiger partial charge is 0.217 e. The number of nitrogens with zero attached hydrogens (tertiary/aromatic N) is 2. The molecule has 110 valence electrons. The quantitative estimate of drug-likeness (QED) is 0.899. The van der Waals surface area contributed by atoms with Gasteiger partial charge in [0.15, 0.2) is 0 Å². The van der Waals surface area contributed by atoms with Crippen molar-refractivity contribution in [3.8, 4) is 0 Å². The molecule has 1 heterocycles. The number of rotatable bonds is 3. The normalized spacial score (nSPS) is 21.4. The van der Waals surface area contributed by atoms with Crippen molar-refractivity contribution in [2.45, 2.75) is 19.5 Å². The first-order chi connectivity index (χ1) is 9.52. The highest BCUT2D eigenvalue weighted by Gasteiger charge is 2.21. The van der Waals surface area contributed by atoms with Gasteiger partial charge in [-0.15, -0.1) is 0 Å². The van der Waals surface area contributed by atoms with Gasteiger partial charge in [0, 0.05) is 39.6 Å². The Morgan fingerprint density at radius 2 is 2.20 bits per heavy atom. The van der Waals surface area contributed by atoms with Gasteiger partial charge in [0.25, 0.3) is 0 Å². The summed E-state index contributed by atoms with van der Waals surface area (Å²) in [6.45, 7) is 5.76. The number of likely N-dealkylation sites (N-methyl/N-ethyl adjacent to an activating group) is 1. The summed E-state index contributed by atoms with van der Waals surface area (Å²) in [5, 5.41) is 2.98. The van der Waals surface area contributed by atoms with Gasteiger partial charge < -0.3 is 10.2 Å². The Morgan fingerprint density at radius 3 is 2.90 bits per heavy atom. The van der Waals surface area contributed by atoms with E-state index in [0.717, 1.165) is 31.7 Å². The lowest BCUT2D eigenvalue weighted by molar-refractivity contribution is -0.119. The van der Waals surface area contributed by atoms with E-state index in [2.05, 4.69) is 22.2 Å². The molecule has 1 unspecified atom stereocenters. The lowest BCUT2D eigenvalue weighted by atomic mass is 10.2. The highest BCUT2D eigenvalue weighted by atomic mass is 19.1. The molecule has 1 saturated heterocycles. The van der Waals surface area contributed by atoms with Crippen molar-refractivity contribution < 1.29 is 9.18 Å². The van der Waals surface area contributed by atoms with E-state index in [1.807, 2.05) is 6.07 Å². The molecule has 20 heavy (non-hydrogen) atoms. The zero-order chi connectivity index (χ0) is 14.5. The van der Waals surface area contributed by atoms with Crippen LogP contribution in [0.5, 0.6) is 0 Å². The molecule has 0 saturated carbocycles. The molecule has 0 bridgehead atoms. The highest BCUT2D eigenvalue weighted by Crippen LogP contribution is 2.10. The molecule has 0 aromatic heterocycles. The van der Waals surface area contributed by atoms with Crippen molar-refractivity contribution in [1.29, 1.82) is 0 Å². The molecular formula is C15H22FN3O. The maximum atomic E-state index is 13.2. The van der Waals surface area contributed by atoms with E-state index < -0.39 is 0 Å². The number of carbonyl (C=O) groups is 1. The number of halogens is 1. The first kappa shape index (κ1) is 14.9. The summed E-state index contributed by atoms with van der Waals surface area (Å²) >= 11 is 0. The van der Waals surface area contributed by atoms with Crippen LogP contribution in [0.2, 0.25) is 0 Å². The Labute approximate surface area is 119 Å². The number of benzene rings is 1. The topological polar surface area (TPSA) is 35.6 Å². The summed E-state index contributed by atoms with van der Waals surface area (Å²) in [7, 11) is 2.06. The minimum Gasteiger partial charge on any atom is -0.351 e. The molecular weight excluding hydrogens is 257 g/mol. The van der Waals surface area contributed by atoms with Gasteiger partial charge in [0.2, 0.25) is 5.91 Å². The van der Waals surface area contributed by atoms with Gasteiger partial charge in [-0.1, -0.05) is 12.1 Å². The third-order valence-corrected chi connectivity index (χ3v) is 3.51. The van der Waals surface area contributed by atoms with Gasteiger partial charge in [0.05, 0.1) is 6.04 Å². The second-order valence-corrected chi connectivity index (χ2v) is 5.52. The van der Waals surface area contributed by atoms with Crippen molar-refractivity contribution in [2.24, 2.45) is 0 Å². The SMILES string of the molecule is CC(=O)NC1CN(C)CCN(Cc2cccc(F)c2)C1. The van der Waals surface area contributed by atoms with Crippen molar-refractivity contribution in [1.82, 2.24) is 15.1 Å². The average Bonchev–Trinajstić information content (AvgIpc) is 2.50. The van der Waals surface area contributed by atoms with E-state index in [9.17, 15) is 9.18 Å². The second kappa shape index (κ2) is 6.81. The van der Waals surface area contributed by atoms with Gasteiger partial charge in [0.1, 0.15) is 5.82 Å². The van der Waals surface area contributed by atoms with E-state index in [1.165, 1.54) is 6.07 Å². The van der Waals surface area contributed by atoms with Crippen LogP contribution in [-0.4, -0.2) is 55.0 Å². The van der Waals surface area contributed by atoms with Crippen LogP contribution in [0.25, 0.3) is 0 Å². The molecule has 1 atom stereocenters. The summed E-state index contributed by atoms with van der Waals surface area (Å²) in [4.78, 5) is 15.7. The van der Waals surface area contributed by atoms with Crippen molar-refractivity contribution in [3.63, 3.8) is 0 Å². The van der Waals surface area contributed by atoms with Gasteiger partial charge in [-0.05, 0) is 24.7 Å². The molecule has 1 aliphatic heterocycles. The zero-order valence-electron chi connectivity index (χ0n) is 12.1. The molecule has 0 spiro atoms. The van der Waals surface area contributed by atoms with E-state index in [4.69, 9.17) is 0 Å². The number of carbonyl (C=O) groups excluding carboxylic acids is 1. The largest absolute Gasteiger partial charge is 0.351 e. The Bertz CT molecular complexity index is 466. The maximum Gasteiger partial charge on any atom is 0.217 e. The van der Waals surface area contributed by atoms with Gasteiger partial charge in [-0.3, -0.25) is 9.69 Å². The predicted molar refractivity (Wildman–Crippen MR) is 76.8 cm³/mol. The molecule has 1 fully saturated rings. The van der Waals surface area contributed by atoms with Crippen LogP contribution < -0.4 is 5.32 Å². The lowest BCUT2D eigenvalue weighted by Gasteiger charge is -2.24. The van der Waals surface area contributed by atoms with Crippen LogP contribution in [0.3, 0.4) is 0 Å². The number of hydrogen-bond donors (Lipinski definition) is 1. The Hall–Kier alpha value is -1.46. The van der Waals surface area contributed by atoms with Crippen molar-refractivity contribution >= 4 is 5.91 Å². The fourth-order valence-corrected chi connectivity index (χ4v) is 2.66. The molecule has 1 aromatic rings. The minimum absolute atomic E-state index is 0.00370. The van der Waals surface area contributed by atoms with E-state index in [1.54, 1.807) is 19.1 Å². The molecule has 1 N–H and O–H groups in total. The molecule has 1 aromatic carbocycles. The molecule has 4 nitrogen and oxygen atoms in total. The van der Waals surface area contributed by atoms with Crippen LogP contribution in [-0.2, 0) is 11.3 Å². The molecule has 0 radical (unpaired) electrons. The summed E-state index contributed by atoms with van der Waals surface area (Å²) in [6.07, 6.45) is 0. The predicted octanol–water partition coefficient (Wildman–Crippen LogP) is 1.08. The van der Waals surface area contributed by atoms with Crippen LogP contribution in [0.1, 0.15) is 12.5 Å². The highest BCUT2D eigenvalue weighted by molar-refractivity contribution is 5.73. The van der Waals surface area contributed by atoms with Gasteiger partial charge in [-0.2, -0.15) is 0 Å². The Kier molecular flexibility index (Phi) is 5.09. The average molecular weight is 279 g/mol. The monoisotopic (exact) mass is 279 g/mol. The summed E-state index contributed by atoms with van der Waals surface area (Å²) < 4.78 is 13.2. The molecule has 0 aliphatic carbocycles. The van der Waals surface area contributed by atoms with Gasteiger partial charge >= 0.3 is 0 Å². The number of amides is 1. The third kappa shape index (κ3) is 4.58. The zero-order valence-corrected chi connectivity index (χ0v) is 12.1. The maximum absolute atomic E-state index is 13.2. The fraction of sp³-hybridized carbons (Fsp3) is 0.533. The summed E-state index contributed by atoms with van der Waals surface area (Å²) in [5.74, 6) is -0.205. The van der Waals surface area contributed by atoms with E-state index in [-0.39, 0.29) is 17.8 Å². The molecule has 2 rings (SSSR count). The first-order valence-corrected chi connectivity index (χ1v) is 6.95. The van der Waals surface area contributed by atoms with Crippen LogP contribution in [0.4, 0.5) is 4.39 Å². The number of hydrogen-bond acceptors (Lipinski definition) is 3. The first-order valence-electron chi connectivity index (χ1n) is 6.95. The van der Waals surface area contributed by atoms with Crippen molar-refractivity contribution in [3.05, 3.63) is 35.6 Å².